The van der Waals surface area contributed by atoms with Gasteiger partial charge in [-0.25, -0.2) is 9.59 Å². The maximum atomic E-state index is 13.4. The zero-order chi connectivity index (χ0) is 37.6. The highest BCUT2D eigenvalue weighted by Gasteiger charge is 2.49. The van der Waals surface area contributed by atoms with E-state index in [0.29, 0.717) is 11.3 Å². The minimum Gasteiger partial charge on any atom is -0.508 e. The maximum absolute atomic E-state index is 13.4. The lowest BCUT2D eigenvalue weighted by Crippen LogP contribution is -2.63. The molecule has 6 aromatic rings. The second-order valence-electron chi connectivity index (χ2n) is 12.8. The van der Waals surface area contributed by atoms with Gasteiger partial charge in [-0.1, -0.05) is 29.3 Å². The fraction of sp³-hybridized carbons (Fsp3) is 0.237. The summed E-state index contributed by atoms with van der Waals surface area (Å²) in [7, 11) is 0. The van der Waals surface area contributed by atoms with Gasteiger partial charge in [0, 0.05) is 23.2 Å². The lowest BCUT2D eigenvalue weighted by molar-refractivity contribution is -0.288. The van der Waals surface area contributed by atoms with Gasteiger partial charge in [-0.05, 0) is 61.9 Å². The molecule has 0 aliphatic carbocycles. The standard InChI is InChI=1S/C38H34N2O13/c1-18-11-19(2)13-22(12-18)30-29-21(9-10-39-29)15-40(30)53-35-33(44)32(43)28(17-50-37(48)34(45)36(46)47)52-38(35)51-24-7-8-25-27(14-24)49-16-26(31(25)42)20-3-5-23(41)6-4-20/h3-16,28,32-35,38-39,41,43-45H,17H2,1-2H3,(H,46,47)/t28-,32-,33+,34+,35-,38-/m0/s1. The second kappa shape index (κ2) is 14.1. The Balaban J connectivity index is 1.23. The number of nitrogens with one attached hydrogen (secondary N) is 1. The lowest BCUT2D eigenvalue weighted by atomic mass is 9.99. The van der Waals surface area contributed by atoms with Gasteiger partial charge in [-0.3, -0.25) is 4.79 Å². The molecule has 1 saturated heterocycles. The topological polar surface area (TPSA) is 223 Å². The molecule has 6 N–H and O–H groups in total. The van der Waals surface area contributed by atoms with E-state index in [2.05, 4.69) is 4.98 Å². The molecule has 3 aromatic carbocycles. The summed E-state index contributed by atoms with van der Waals surface area (Å²) in [5.74, 6) is -3.20. The average Bonchev–Trinajstić information content (AvgIpc) is 3.71. The average molecular weight is 727 g/mol. The predicted molar refractivity (Wildman–Crippen MR) is 187 cm³/mol. The number of carbonyl (C=O) groups excluding carboxylic acids is 1. The van der Waals surface area contributed by atoms with Crippen LogP contribution in [-0.2, 0) is 19.1 Å². The molecule has 274 valence electrons. The molecule has 7 rings (SSSR count). The molecular weight excluding hydrogens is 692 g/mol. The SMILES string of the molecule is Cc1cc(C)cc(-c2c3[nH]ccc3cn2O[C@@H]2[C@@H](Oc3ccc4c(=O)c(-c5ccc(O)cc5)coc4c3)O[C@@H](COC(=O)[C@H](O)C(=O)O)[C@H](O)[C@H]2O)c1. The summed E-state index contributed by atoms with van der Waals surface area (Å²) in [5.41, 5.74) is 4.72. The van der Waals surface area contributed by atoms with E-state index in [4.69, 9.17) is 28.6 Å². The van der Waals surface area contributed by atoms with Crippen LogP contribution in [0.1, 0.15) is 11.1 Å². The van der Waals surface area contributed by atoms with Crippen LogP contribution >= 0.6 is 0 Å². The fourth-order valence-corrected chi connectivity index (χ4v) is 6.34. The third kappa shape index (κ3) is 6.93. The molecule has 4 heterocycles. The van der Waals surface area contributed by atoms with Crippen LogP contribution in [-0.4, -0.2) is 90.6 Å². The van der Waals surface area contributed by atoms with Crippen molar-refractivity contribution in [3.63, 3.8) is 0 Å². The Morgan fingerprint density at radius 3 is 2.42 bits per heavy atom. The number of ether oxygens (including phenoxy) is 3. The van der Waals surface area contributed by atoms with E-state index in [1.54, 1.807) is 24.5 Å². The number of aliphatic hydroxyl groups is 3. The third-order valence-corrected chi connectivity index (χ3v) is 8.89. The number of aromatic amines is 1. The van der Waals surface area contributed by atoms with Crippen LogP contribution in [0.2, 0.25) is 0 Å². The van der Waals surface area contributed by atoms with Gasteiger partial charge >= 0.3 is 11.9 Å². The number of carboxylic acids is 1. The van der Waals surface area contributed by atoms with Crippen molar-refractivity contribution in [1.29, 1.82) is 0 Å². The Kier molecular flexibility index (Phi) is 9.40. The van der Waals surface area contributed by atoms with Crippen LogP contribution in [0.3, 0.4) is 0 Å². The molecule has 0 spiro atoms. The normalized spacial score (nSPS) is 20.7. The number of aliphatic hydroxyl groups excluding tert-OH is 3. The lowest BCUT2D eigenvalue weighted by Gasteiger charge is -2.41. The number of phenolic OH excluding ortho intramolecular Hbond substituents is 1. The first-order chi connectivity index (χ1) is 25.4. The van der Waals surface area contributed by atoms with Gasteiger partial charge in [0.05, 0.1) is 22.7 Å². The first kappa shape index (κ1) is 35.3. The minimum absolute atomic E-state index is 0.0414. The summed E-state index contributed by atoms with van der Waals surface area (Å²) in [4.78, 5) is 46.1. The number of aromatic hydroxyl groups is 1. The molecule has 0 saturated carbocycles. The zero-order valence-electron chi connectivity index (χ0n) is 28.2. The maximum Gasteiger partial charge on any atom is 0.346 e. The molecule has 0 radical (unpaired) electrons. The molecule has 0 amide bonds. The van der Waals surface area contributed by atoms with Crippen molar-refractivity contribution in [3.8, 4) is 33.9 Å². The highest BCUT2D eigenvalue weighted by Crippen LogP contribution is 2.33. The molecule has 15 heteroatoms. The Bertz CT molecular complexity index is 2360. The molecule has 6 atom stereocenters. The van der Waals surface area contributed by atoms with Crippen LogP contribution in [0.4, 0.5) is 0 Å². The molecule has 3 aromatic heterocycles. The van der Waals surface area contributed by atoms with Crippen molar-refractivity contribution in [2.45, 2.75) is 50.7 Å². The number of hydrogen-bond donors (Lipinski definition) is 6. The van der Waals surface area contributed by atoms with Crippen molar-refractivity contribution in [2.24, 2.45) is 0 Å². The number of aliphatic carboxylic acids is 1. The zero-order valence-corrected chi connectivity index (χ0v) is 28.2. The number of H-pyrrole nitrogens is 1. The first-order valence-electron chi connectivity index (χ1n) is 16.4. The van der Waals surface area contributed by atoms with Gasteiger partial charge in [-0.15, -0.1) is 0 Å². The number of fused-ring (bicyclic) bond motifs is 2. The number of nitrogens with zero attached hydrogens (tertiary/aromatic N) is 1. The van der Waals surface area contributed by atoms with E-state index in [9.17, 15) is 34.8 Å². The quantitative estimate of drug-likeness (QED) is 0.0884. The summed E-state index contributed by atoms with van der Waals surface area (Å²) in [5, 5.41) is 51.8. The van der Waals surface area contributed by atoms with Crippen LogP contribution in [0.25, 0.3) is 44.3 Å². The number of benzene rings is 3. The molecule has 53 heavy (non-hydrogen) atoms. The largest absolute Gasteiger partial charge is 0.508 e. The number of esters is 1. The Labute approximate surface area is 299 Å². The Morgan fingerprint density at radius 1 is 0.962 bits per heavy atom. The number of carbonyl (C=O) groups is 2. The van der Waals surface area contributed by atoms with Crippen LogP contribution < -0.4 is 15.0 Å². The highest BCUT2D eigenvalue weighted by molar-refractivity contribution is 5.96. The van der Waals surface area contributed by atoms with E-state index in [0.717, 1.165) is 27.6 Å². The minimum atomic E-state index is -2.48. The first-order valence-corrected chi connectivity index (χ1v) is 16.4. The Hall–Kier alpha value is -6.13. The van der Waals surface area contributed by atoms with Gasteiger partial charge in [0.2, 0.25) is 18.5 Å². The van der Waals surface area contributed by atoms with E-state index >= 15 is 0 Å². The van der Waals surface area contributed by atoms with Crippen LogP contribution in [0, 0.1) is 13.8 Å². The third-order valence-electron chi connectivity index (χ3n) is 8.89. The number of aryl methyl sites for hydroxylation is 2. The Morgan fingerprint density at radius 2 is 1.70 bits per heavy atom. The number of aromatic nitrogens is 2. The van der Waals surface area contributed by atoms with E-state index in [-0.39, 0.29) is 33.5 Å². The summed E-state index contributed by atoms with van der Waals surface area (Å²) in [6.45, 7) is 3.15. The van der Waals surface area contributed by atoms with Gasteiger partial charge in [-0.2, -0.15) is 4.73 Å². The molecule has 1 aliphatic rings. The fourth-order valence-electron chi connectivity index (χ4n) is 6.34. The van der Waals surface area contributed by atoms with Crippen LogP contribution in [0.15, 0.2) is 94.6 Å². The van der Waals surface area contributed by atoms with Crippen molar-refractivity contribution >= 4 is 33.8 Å². The second-order valence-corrected chi connectivity index (χ2v) is 12.8. The predicted octanol–water partition coefficient (Wildman–Crippen LogP) is 3.04. The summed E-state index contributed by atoms with van der Waals surface area (Å²) < 4.78 is 24.3. The number of carboxylic acid groups (broad SMARTS) is 1. The monoisotopic (exact) mass is 726 g/mol. The smallest absolute Gasteiger partial charge is 0.346 e. The molecular formula is C38H34N2O13. The van der Waals surface area contributed by atoms with Gasteiger partial charge in [0.15, 0.2) is 5.43 Å². The van der Waals surface area contributed by atoms with E-state index in [1.807, 2.05) is 38.1 Å². The highest BCUT2D eigenvalue weighted by atomic mass is 16.8. The summed E-state index contributed by atoms with van der Waals surface area (Å²) in [6.07, 6.45) is -5.65. The van der Waals surface area contributed by atoms with Crippen molar-refractivity contribution < 1.29 is 58.6 Å². The van der Waals surface area contributed by atoms with Crippen molar-refractivity contribution in [1.82, 2.24) is 9.71 Å². The van der Waals surface area contributed by atoms with E-state index in [1.165, 1.54) is 41.3 Å². The van der Waals surface area contributed by atoms with Gasteiger partial charge in [0.1, 0.15) is 54.0 Å². The summed E-state index contributed by atoms with van der Waals surface area (Å²) >= 11 is 0. The van der Waals surface area contributed by atoms with Crippen molar-refractivity contribution in [3.05, 3.63) is 107 Å². The number of rotatable bonds is 10. The van der Waals surface area contributed by atoms with Gasteiger partial charge < -0.3 is 54.0 Å². The van der Waals surface area contributed by atoms with E-state index < -0.39 is 55.4 Å². The van der Waals surface area contributed by atoms with Gasteiger partial charge in [0.25, 0.3) is 0 Å². The molecule has 1 aliphatic heterocycles. The molecule has 0 bridgehead atoms. The van der Waals surface area contributed by atoms with Crippen molar-refractivity contribution in [2.75, 3.05) is 6.61 Å². The van der Waals surface area contributed by atoms with Crippen LogP contribution in [0.5, 0.6) is 11.5 Å². The molecule has 15 nitrogen and oxygen atoms in total. The molecule has 0 unspecified atom stereocenters. The number of phenols is 1. The number of hydrogen-bond acceptors (Lipinski definition) is 12. The molecule has 1 fully saturated rings. The summed E-state index contributed by atoms with van der Waals surface area (Å²) in [6, 6.07) is 18.2.